The minimum absolute atomic E-state index is 0.0167. The van der Waals surface area contributed by atoms with Crippen molar-refractivity contribution in [3.05, 3.63) is 63.7 Å². The Kier molecular flexibility index (Phi) is 5.32. The van der Waals surface area contributed by atoms with Gasteiger partial charge in [0, 0.05) is 12.1 Å². The molecule has 0 spiro atoms. The van der Waals surface area contributed by atoms with Gasteiger partial charge in [0.1, 0.15) is 0 Å². The number of aromatic nitrogens is 1. The topological polar surface area (TPSA) is 85.1 Å². The van der Waals surface area contributed by atoms with Gasteiger partial charge in [0.05, 0.1) is 26.4 Å². The molecular weight excluding hydrogens is 394 g/mol. The molecule has 0 saturated carbocycles. The largest absolute Gasteiger partial charge is 0.348 e. The number of nitrogens with one attached hydrogen (secondary N) is 1. The summed E-state index contributed by atoms with van der Waals surface area (Å²) in [6.45, 7) is 1.86. The molecule has 0 fully saturated rings. The average Bonchev–Trinajstić information content (AvgIpc) is 3.09. The summed E-state index contributed by atoms with van der Waals surface area (Å²) in [4.78, 5) is 27.8. The van der Waals surface area contributed by atoms with Gasteiger partial charge in [-0.15, -0.1) is 11.3 Å². The van der Waals surface area contributed by atoms with Crippen LogP contribution in [0.3, 0.4) is 0 Å². The summed E-state index contributed by atoms with van der Waals surface area (Å²) in [6.07, 6.45) is 3.08. The van der Waals surface area contributed by atoms with E-state index in [1.54, 1.807) is 6.07 Å². The van der Waals surface area contributed by atoms with Gasteiger partial charge in [0.15, 0.2) is 4.34 Å². The van der Waals surface area contributed by atoms with Gasteiger partial charge in [-0.1, -0.05) is 36.0 Å². The summed E-state index contributed by atoms with van der Waals surface area (Å²) >= 11 is 2.76. The van der Waals surface area contributed by atoms with Crippen molar-refractivity contribution in [1.29, 1.82) is 0 Å². The Morgan fingerprint density at radius 3 is 3.00 bits per heavy atom. The Morgan fingerprint density at radius 2 is 2.18 bits per heavy atom. The predicted molar refractivity (Wildman–Crippen MR) is 112 cm³/mol. The van der Waals surface area contributed by atoms with Crippen molar-refractivity contribution in [3.8, 4) is 0 Å². The fourth-order valence-electron chi connectivity index (χ4n) is 3.45. The SMILES string of the molecule is C[C@H](Sc1nc2ccc([N+](=O)[O-])cc2s1)C(=O)N[C@@H]1CCCc2ccccc21. The van der Waals surface area contributed by atoms with Crippen LogP contribution in [0.2, 0.25) is 0 Å². The molecule has 1 aliphatic carbocycles. The minimum atomic E-state index is -0.413. The molecule has 0 radical (unpaired) electrons. The smallest absolute Gasteiger partial charge is 0.270 e. The zero-order chi connectivity index (χ0) is 19.7. The van der Waals surface area contributed by atoms with Crippen molar-refractivity contribution in [3.63, 3.8) is 0 Å². The number of benzene rings is 2. The molecule has 8 heteroatoms. The second-order valence-electron chi connectivity index (χ2n) is 6.80. The van der Waals surface area contributed by atoms with Crippen molar-refractivity contribution in [2.75, 3.05) is 0 Å². The number of rotatable bonds is 5. The minimum Gasteiger partial charge on any atom is -0.348 e. The van der Waals surface area contributed by atoms with Gasteiger partial charge in [0.2, 0.25) is 5.91 Å². The first-order chi connectivity index (χ1) is 13.5. The molecule has 28 heavy (non-hydrogen) atoms. The molecule has 2 aromatic carbocycles. The Morgan fingerprint density at radius 1 is 1.36 bits per heavy atom. The molecule has 4 rings (SSSR count). The number of aryl methyl sites for hydroxylation is 1. The van der Waals surface area contributed by atoms with Crippen LogP contribution < -0.4 is 5.32 Å². The van der Waals surface area contributed by atoms with E-state index >= 15 is 0 Å². The number of non-ortho nitro benzene ring substituents is 1. The van der Waals surface area contributed by atoms with Gasteiger partial charge < -0.3 is 5.32 Å². The first-order valence-corrected chi connectivity index (χ1v) is 10.8. The number of nitrogens with zero attached hydrogens (tertiary/aromatic N) is 2. The number of hydrogen-bond donors (Lipinski definition) is 1. The maximum Gasteiger partial charge on any atom is 0.270 e. The van der Waals surface area contributed by atoms with Crippen molar-refractivity contribution >= 4 is 44.9 Å². The van der Waals surface area contributed by atoms with E-state index in [0.29, 0.717) is 5.52 Å². The normalized spacial score (nSPS) is 17.1. The Bertz CT molecular complexity index is 1050. The van der Waals surface area contributed by atoms with Crippen LogP contribution in [0.25, 0.3) is 10.2 Å². The quantitative estimate of drug-likeness (QED) is 0.366. The number of nitro groups is 1. The monoisotopic (exact) mass is 413 g/mol. The fraction of sp³-hybridized carbons (Fsp3) is 0.300. The van der Waals surface area contributed by atoms with E-state index < -0.39 is 4.92 Å². The molecule has 3 aromatic rings. The van der Waals surface area contributed by atoms with Crippen LogP contribution >= 0.6 is 23.1 Å². The van der Waals surface area contributed by atoms with Crippen LogP contribution in [0.4, 0.5) is 5.69 Å². The van der Waals surface area contributed by atoms with Crippen LogP contribution in [0, 0.1) is 10.1 Å². The molecule has 1 N–H and O–H groups in total. The molecule has 0 saturated heterocycles. The van der Waals surface area contributed by atoms with E-state index in [2.05, 4.69) is 22.4 Å². The van der Waals surface area contributed by atoms with E-state index in [0.717, 1.165) is 28.3 Å². The third kappa shape index (κ3) is 3.88. The van der Waals surface area contributed by atoms with E-state index in [4.69, 9.17) is 0 Å². The number of nitro benzene ring substituents is 1. The molecule has 6 nitrogen and oxygen atoms in total. The second-order valence-corrected chi connectivity index (χ2v) is 9.42. The van der Waals surface area contributed by atoms with Crippen molar-refractivity contribution < 1.29 is 9.72 Å². The fourth-order valence-corrected chi connectivity index (χ4v) is 5.71. The summed E-state index contributed by atoms with van der Waals surface area (Å²) in [5.74, 6) is -0.0167. The molecular formula is C20H19N3O3S2. The zero-order valence-corrected chi connectivity index (χ0v) is 16.9. The summed E-state index contributed by atoms with van der Waals surface area (Å²) < 4.78 is 1.49. The third-order valence-corrected chi connectivity index (χ3v) is 7.11. The summed E-state index contributed by atoms with van der Waals surface area (Å²) in [7, 11) is 0. The van der Waals surface area contributed by atoms with Gasteiger partial charge >= 0.3 is 0 Å². The van der Waals surface area contributed by atoms with Crippen LogP contribution in [0.5, 0.6) is 0 Å². The Labute approximate surface area is 170 Å². The van der Waals surface area contributed by atoms with E-state index in [-0.39, 0.29) is 22.9 Å². The lowest BCUT2D eigenvalue weighted by Gasteiger charge is -2.27. The predicted octanol–water partition coefficient (Wildman–Crippen LogP) is 4.88. The summed E-state index contributed by atoms with van der Waals surface area (Å²) in [5.41, 5.74) is 3.29. The van der Waals surface area contributed by atoms with E-state index in [1.165, 1.54) is 46.4 Å². The molecule has 0 aliphatic heterocycles. The highest BCUT2D eigenvalue weighted by Crippen LogP contribution is 2.35. The molecule has 1 aliphatic rings. The molecule has 0 bridgehead atoms. The van der Waals surface area contributed by atoms with Gasteiger partial charge in [-0.2, -0.15) is 0 Å². The highest BCUT2D eigenvalue weighted by atomic mass is 32.2. The number of carbonyl (C=O) groups is 1. The van der Waals surface area contributed by atoms with Crippen molar-refractivity contribution in [1.82, 2.24) is 10.3 Å². The zero-order valence-electron chi connectivity index (χ0n) is 15.3. The first-order valence-electron chi connectivity index (χ1n) is 9.11. The van der Waals surface area contributed by atoms with Gasteiger partial charge in [-0.25, -0.2) is 4.98 Å². The lowest BCUT2D eigenvalue weighted by atomic mass is 9.88. The highest BCUT2D eigenvalue weighted by molar-refractivity contribution is 8.02. The highest BCUT2D eigenvalue weighted by Gasteiger charge is 2.24. The van der Waals surface area contributed by atoms with E-state index in [9.17, 15) is 14.9 Å². The molecule has 1 amide bonds. The molecule has 1 aromatic heterocycles. The molecule has 1 heterocycles. The maximum absolute atomic E-state index is 12.7. The van der Waals surface area contributed by atoms with Gasteiger partial charge in [-0.05, 0) is 43.4 Å². The molecule has 2 atom stereocenters. The maximum atomic E-state index is 12.7. The number of fused-ring (bicyclic) bond motifs is 2. The molecule has 0 unspecified atom stereocenters. The number of hydrogen-bond acceptors (Lipinski definition) is 6. The Hall–Kier alpha value is -2.45. The summed E-state index contributed by atoms with van der Waals surface area (Å²) in [6, 6.07) is 13.0. The van der Waals surface area contributed by atoms with Crippen LogP contribution in [0.1, 0.15) is 36.9 Å². The van der Waals surface area contributed by atoms with Crippen LogP contribution in [-0.2, 0) is 11.2 Å². The lowest BCUT2D eigenvalue weighted by molar-refractivity contribution is -0.384. The first kappa shape index (κ1) is 18.9. The van der Waals surface area contributed by atoms with Gasteiger partial charge in [0.25, 0.3) is 5.69 Å². The van der Waals surface area contributed by atoms with E-state index in [1.807, 2.05) is 19.1 Å². The third-order valence-electron chi connectivity index (χ3n) is 4.90. The van der Waals surface area contributed by atoms with Gasteiger partial charge in [-0.3, -0.25) is 14.9 Å². The number of thiazole rings is 1. The standard InChI is InChI=1S/C20H19N3O3S2/c1-12(19(24)21-16-8-4-6-13-5-2-3-7-15(13)16)27-20-22-17-10-9-14(23(25)26)11-18(17)28-20/h2-3,5,7,9-12,16H,4,6,8H2,1H3,(H,21,24)/t12-,16+/m0/s1. The van der Waals surface area contributed by atoms with Crippen LogP contribution in [0.15, 0.2) is 46.8 Å². The average molecular weight is 414 g/mol. The lowest BCUT2D eigenvalue weighted by Crippen LogP contribution is -2.35. The number of thioether (sulfide) groups is 1. The number of carbonyl (C=O) groups excluding carboxylic acids is 1. The summed E-state index contributed by atoms with van der Waals surface area (Å²) in [5, 5.41) is 13.8. The van der Waals surface area contributed by atoms with Crippen molar-refractivity contribution in [2.24, 2.45) is 0 Å². The number of amides is 1. The molecule has 144 valence electrons. The van der Waals surface area contributed by atoms with Crippen LogP contribution in [-0.4, -0.2) is 21.1 Å². The second kappa shape index (κ2) is 7.89. The Balaban J connectivity index is 1.45. The van der Waals surface area contributed by atoms with Crippen molar-refractivity contribution in [2.45, 2.75) is 41.8 Å².